The Balaban J connectivity index is 2.24. The Bertz CT molecular complexity index is 481. The summed E-state index contributed by atoms with van der Waals surface area (Å²) in [5.74, 6) is 0.548. The maximum Gasteiger partial charge on any atom is 0.256 e. The molecule has 2 N–H and O–H groups in total. The van der Waals surface area contributed by atoms with E-state index in [2.05, 4.69) is 29.8 Å². The molecule has 0 atom stereocenters. The van der Waals surface area contributed by atoms with E-state index in [4.69, 9.17) is 5.73 Å². The van der Waals surface area contributed by atoms with Crippen LogP contribution in [0.4, 0.5) is 5.69 Å². The van der Waals surface area contributed by atoms with Crippen molar-refractivity contribution in [1.29, 1.82) is 0 Å². The maximum absolute atomic E-state index is 12.8. The van der Waals surface area contributed by atoms with Gasteiger partial charge in [-0.15, -0.1) is 0 Å². The molecular formula is C16H23BrN2O. The van der Waals surface area contributed by atoms with Crippen LogP contribution in [0.3, 0.4) is 0 Å². The van der Waals surface area contributed by atoms with Gasteiger partial charge >= 0.3 is 0 Å². The van der Waals surface area contributed by atoms with E-state index >= 15 is 0 Å². The van der Waals surface area contributed by atoms with Gasteiger partial charge in [0.1, 0.15) is 0 Å². The molecule has 1 fully saturated rings. The number of carbonyl (C=O) groups excluding carboxylic acids is 1. The molecule has 20 heavy (non-hydrogen) atoms. The molecule has 0 heterocycles. The number of hydrogen-bond acceptors (Lipinski definition) is 2. The summed E-state index contributed by atoms with van der Waals surface area (Å²) in [5.41, 5.74) is 7.19. The number of nitrogens with two attached hydrogens (primary N) is 1. The van der Waals surface area contributed by atoms with Crippen LogP contribution in [0.2, 0.25) is 0 Å². The summed E-state index contributed by atoms with van der Waals surface area (Å²) in [6.07, 6.45) is 4.69. The normalized spacial score (nSPS) is 15.8. The van der Waals surface area contributed by atoms with E-state index in [9.17, 15) is 4.79 Å². The van der Waals surface area contributed by atoms with Crippen molar-refractivity contribution < 1.29 is 4.79 Å². The molecule has 4 heteroatoms. The molecular weight excluding hydrogens is 316 g/mol. The quantitative estimate of drug-likeness (QED) is 0.841. The number of nitrogen functional groups attached to an aromatic ring is 1. The molecule has 0 aromatic heterocycles. The summed E-state index contributed by atoms with van der Waals surface area (Å²) in [6.45, 7) is 5.11. The molecule has 0 aliphatic heterocycles. The fourth-order valence-electron chi connectivity index (χ4n) is 2.89. The monoisotopic (exact) mass is 338 g/mol. The zero-order chi connectivity index (χ0) is 14.7. The zero-order valence-corrected chi connectivity index (χ0v) is 13.8. The fourth-order valence-corrected chi connectivity index (χ4v) is 3.27. The van der Waals surface area contributed by atoms with Crippen molar-refractivity contribution in [1.82, 2.24) is 4.90 Å². The molecule has 1 aromatic carbocycles. The average molecular weight is 339 g/mol. The summed E-state index contributed by atoms with van der Waals surface area (Å²) in [5, 5.41) is 0. The smallest absolute Gasteiger partial charge is 0.256 e. The first-order valence-electron chi connectivity index (χ1n) is 7.35. The van der Waals surface area contributed by atoms with Crippen LogP contribution in [0.25, 0.3) is 0 Å². The molecule has 1 saturated carbocycles. The number of anilines is 1. The highest BCUT2D eigenvalue weighted by molar-refractivity contribution is 9.10. The first kappa shape index (κ1) is 15.4. The summed E-state index contributed by atoms with van der Waals surface area (Å²) in [4.78, 5) is 14.9. The van der Waals surface area contributed by atoms with Gasteiger partial charge in [0.05, 0.1) is 5.56 Å². The van der Waals surface area contributed by atoms with Crippen LogP contribution >= 0.6 is 15.9 Å². The van der Waals surface area contributed by atoms with Crippen molar-refractivity contribution in [3.8, 4) is 0 Å². The molecule has 0 saturated heterocycles. The minimum Gasteiger partial charge on any atom is -0.398 e. The minimum absolute atomic E-state index is 0.0793. The van der Waals surface area contributed by atoms with E-state index in [0.29, 0.717) is 23.2 Å². The molecule has 0 unspecified atom stereocenters. The number of benzene rings is 1. The molecule has 1 aliphatic carbocycles. The molecule has 3 nitrogen and oxygen atoms in total. The SMILES string of the molecule is CC(C)CN(C(=O)c1ccc(Br)cc1N)C1CCCC1. The molecule has 110 valence electrons. The molecule has 1 amide bonds. The van der Waals surface area contributed by atoms with E-state index in [-0.39, 0.29) is 5.91 Å². The first-order valence-corrected chi connectivity index (χ1v) is 8.14. The molecule has 1 aromatic rings. The number of nitrogens with zero attached hydrogens (tertiary/aromatic N) is 1. The number of carbonyl (C=O) groups is 1. The summed E-state index contributed by atoms with van der Waals surface area (Å²) < 4.78 is 0.905. The Hall–Kier alpha value is -1.03. The summed E-state index contributed by atoms with van der Waals surface area (Å²) in [7, 11) is 0. The molecule has 2 rings (SSSR count). The van der Waals surface area contributed by atoms with Gasteiger partial charge in [0.15, 0.2) is 0 Å². The van der Waals surface area contributed by atoms with Crippen molar-refractivity contribution in [2.75, 3.05) is 12.3 Å². The Kier molecular flexibility index (Phi) is 5.08. The van der Waals surface area contributed by atoms with Gasteiger partial charge in [-0.05, 0) is 37.0 Å². The van der Waals surface area contributed by atoms with Crippen LogP contribution < -0.4 is 5.73 Å². The van der Waals surface area contributed by atoms with Crippen LogP contribution in [0.15, 0.2) is 22.7 Å². The standard InChI is InChI=1S/C16H23BrN2O/c1-11(2)10-19(13-5-3-4-6-13)16(20)14-8-7-12(17)9-15(14)18/h7-9,11,13H,3-6,10,18H2,1-2H3. The third-order valence-corrected chi connectivity index (χ3v) is 4.33. The summed E-state index contributed by atoms with van der Waals surface area (Å²) in [6, 6.07) is 5.89. The van der Waals surface area contributed by atoms with Crippen LogP contribution in [-0.4, -0.2) is 23.4 Å². The molecule has 0 bridgehead atoms. The second-order valence-electron chi connectivity index (χ2n) is 6.02. The van der Waals surface area contributed by atoms with Gasteiger partial charge in [-0.2, -0.15) is 0 Å². The number of hydrogen-bond donors (Lipinski definition) is 1. The van der Waals surface area contributed by atoms with E-state index < -0.39 is 0 Å². The molecule has 0 spiro atoms. The number of rotatable bonds is 4. The van der Waals surface area contributed by atoms with Crippen molar-refractivity contribution in [3.63, 3.8) is 0 Å². The van der Waals surface area contributed by atoms with E-state index in [1.54, 1.807) is 6.07 Å². The highest BCUT2D eigenvalue weighted by Crippen LogP contribution is 2.27. The lowest BCUT2D eigenvalue weighted by molar-refractivity contribution is 0.0656. The second kappa shape index (κ2) is 6.61. The van der Waals surface area contributed by atoms with Gasteiger partial charge in [0.25, 0.3) is 5.91 Å². The summed E-state index contributed by atoms with van der Waals surface area (Å²) >= 11 is 3.38. The molecule has 1 aliphatic rings. The van der Waals surface area contributed by atoms with E-state index in [0.717, 1.165) is 23.9 Å². The number of amides is 1. The van der Waals surface area contributed by atoms with Crippen LogP contribution in [-0.2, 0) is 0 Å². The Labute approximate surface area is 129 Å². The van der Waals surface area contributed by atoms with Crippen molar-refractivity contribution >= 4 is 27.5 Å². The van der Waals surface area contributed by atoms with Gasteiger partial charge in [-0.25, -0.2) is 0 Å². The maximum atomic E-state index is 12.8. The third-order valence-electron chi connectivity index (χ3n) is 3.83. The Morgan fingerprint density at radius 2 is 2.05 bits per heavy atom. The van der Waals surface area contributed by atoms with Gasteiger partial charge in [0, 0.05) is 22.7 Å². The van der Waals surface area contributed by atoms with Gasteiger partial charge in [-0.1, -0.05) is 42.6 Å². The second-order valence-corrected chi connectivity index (χ2v) is 6.94. The lowest BCUT2D eigenvalue weighted by Crippen LogP contribution is -2.41. The van der Waals surface area contributed by atoms with Crippen LogP contribution in [0, 0.1) is 5.92 Å². The van der Waals surface area contributed by atoms with E-state index in [1.807, 2.05) is 17.0 Å². The third kappa shape index (κ3) is 3.54. The predicted octanol–water partition coefficient (Wildman–Crippen LogP) is 4.07. The van der Waals surface area contributed by atoms with Crippen molar-refractivity contribution in [3.05, 3.63) is 28.2 Å². The van der Waals surface area contributed by atoms with Gasteiger partial charge in [-0.3, -0.25) is 4.79 Å². The lowest BCUT2D eigenvalue weighted by Gasteiger charge is -2.31. The Morgan fingerprint density at radius 1 is 1.40 bits per heavy atom. The fraction of sp³-hybridized carbons (Fsp3) is 0.562. The zero-order valence-electron chi connectivity index (χ0n) is 12.2. The largest absolute Gasteiger partial charge is 0.398 e. The average Bonchev–Trinajstić information content (AvgIpc) is 2.88. The highest BCUT2D eigenvalue weighted by Gasteiger charge is 2.28. The predicted molar refractivity (Wildman–Crippen MR) is 86.7 cm³/mol. The van der Waals surface area contributed by atoms with Gasteiger partial charge < -0.3 is 10.6 Å². The first-order chi connectivity index (χ1) is 9.49. The van der Waals surface area contributed by atoms with Crippen molar-refractivity contribution in [2.45, 2.75) is 45.6 Å². The van der Waals surface area contributed by atoms with Gasteiger partial charge in [0.2, 0.25) is 0 Å². The number of halogens is 1. The minimum atomic E-state index is 0.0793. The van der Waals surface area contributed by atoms with Crippen LogP contribution in [0.1, 0.15) is 49.9 Å². The van der Waals surface area contributed by atoms with Crippen LogP contribution in [0.5, 0.6) is 0 Å². The highest BCUT2D eigenvalue weighted by atomic mass is 79.9. The molecule has 0 radical (unpaired) electrons. The van der Waals surface area contributed by atoms with Crippen molar-refractivity contribution in [2.24, 2.45) is 5.92 Å². The lowest BCUT2D eigenvalue weighted by atomic mass is 10.1. The Morgan fingerprint density at radius 3 is 2.60 bits per heavy atom. The van der Waals surface area contributed by atoms with E-state index in [1.165, 1.54) is 12.8 Å². The topological polar surface area (TPSA) is 46.3 Å².